The van der Waals surface area contributed by atoms with Crippen LogP contribution >= 0.6 is 38.5 Å². The van der Waals surface area contributed by atoms with Gasteiger partial charge in [0, 0.05) is 0 Å². The van der Waals surface area contributed by atoms with E-state index in [0.717, 1.165) is 18.4 Å². The van der Waals surface area contributed by atoms with E-state index < -0.39 is 4.83 Å². The summed E-state index contributed by atoms with van der Waals surface area (Å²) in [6.07, 6.45) is 1.64. The van der Waals surface area contributed by atoms with Crippen molar-refractivity contribution in [3.63, 3.8) is 0 Å². The molecule has 0 aromatic heterocycles. The van der Waals surface area contributed by atoms with Crippen molar-refractivity contribution in [2.45, 2.75) is 31.5 Å². The highest BCUT2D eigenvalue weighted by molar-refractivity contribution is 14.1. The lowest BCUT2D eigenvalue weighted by atomic mass is 10.2. The fourth-order valence-electron chi connectivity index (χ4n) is 0.727. The number of allylic oxidation sites excluding steroid dienone is 2. The minimum Gasteiger partial charge on any atom is -0.188 e. The highest BCUT2D eigenvalue weighted by atomic mass is 127. The molecular formula is C7H10BrF2I. The molecule has 0 amide bonds. The lowest BCUT2D eigenvalue weighted by Crippen LogP contribution is -2.05. The molecule has 0 saturated carbocycles. The maximum absolute atomic E-state index is 12.5. The first-order valence-corrected chi connectivity index (χ1v) is 5.19. The first-order valence-electron chi connectivity index (χ1n) is 3.32. The Morgan fingerprint density at radius 2 is 2.00 bits per heavy atom. The van der Waals surface area contributed by atoms with Crippen molar-refractivity contribution in [3.8, 4) is 0 Å². The Hall–Kier alpha value is 0.810. The van der Waals surface area contributed by atoms with Crippen molar-refractivity contribution in [2.24, 2.45) is 0 Å². The van der Waals surface area contributed by atoms with Crippen LogP contribution in [0.1, 0.15) is 26.7 Å². The van der Waals surface area contributed by atoms with E-state index in [0.29, 0.717) is 0 Å². The number of hydrogen-bond acceptors (Lipinski definition) is 0. The largest absolute Gasteiger partial charge is 0.332 e. The minimum absolute atomic E-state index is 0.108. The van der Waals surface area contributed by atoms with E-state index in [1.54, 1.807) is 29.5 Å². The Kier molecular flexibility index (Phi) is 5.09. The summed E-state index contributed by atoms with van der Waals surface area (Å²) in [5.41, 5.74) is 0.759. The molecule has 66 valence electrons. The summed E-state index contributed by atoms with van der Waals surface area (Å²) < 4.78 is 25.2. The molecule has 11 heavy (non-hydrogen) atoms. The second-order valence-electron chi connectivity index (χ2n) is 2.34. The Bertz CT molecular complexity index is 160. The molecule has 0 radical (unpaired) electrons. The van der Waals surface area contributed by atoms with Crippen LogP contribution in [0, 0.1) is 0 Å². The van der Waals surface area contributed by atoms with Crippen molar-refractivity contribution in [1.82, 2.24) is 0 Å². The second-order valence-corrected chi connectivity index (χ2v) is 4.42. The van der Waals surface area contributed by atoms with Crippen molar-refractivity contribution in [3.05, 3.63) is 9.15 Å². The van der Waals surface area contributed by atoms with Gasteiger partial charge in [-0.1, -0.05) is 18.9 Å². The molecular weight excluding hydrogens is 329 g/mol. The van der Waals surface area contributed by atoms with E-state index in [-0.39, 0.29) is 3.58 Å². The van der Waals surface area contributed by atoms with Gasteiger partial charge in [0.1, 0.15) is 0 Å². The quantitative estimate of drug-likeness (QED) is 0.525. The third-order valence-corrected chi connectivity index (χ3v) is 3.98. The van der Waals surface area contributed by atoms with Crippen LogP contribution in [0.3, 0.4) is 0 Å². The lowest BCUT2D eigenvalue weighted by molar-refractivity contribution is 0.168. The normalized spacial score (nSPS) is 14.7. The topological polar surface area (TPSA) is 0 Å². The molecule has 0 nitrogen and oxygen atoms in total. The molecule has 0 unspecified atom stereocenters. The predicted molar refractivity (Wildman–Crippen MR) is 55.5 cm³/mol. The molecule has 0 aromatic carbocycles. The molecule has 0 atom stereocenters. The molecule has 0 spiro atoms. The summed E-state index contributed by atoms with van der Waals surface area (Å²) in [6.45, 7) is 3.71. The first-order chi connectivity index (χ1) is 4.89. The van der Waals surface area contributed by atoms with Crippen molar-refractivity contribution < 1.29 is 8.78 Å². The van der Waals surface area contributed by atoms with E-state index in [1.165, 1.54) is 0 Å². The number of rotatable bonds is 3. The smallest absolute Gasteiger partial charge is 0.188 e. The SMILES string of the molecule is CCCC(C)=C(I)C(F)(F)Br. The summed E-state index contributed by atoms with van der Waals surface area (Å²) in [5, 5.41) is 0. The van der Waals surface area contributed by atoms with Gasteiger partial charge in [-0.05, 0) is 51.9 Å². The summed E-state index contributed by atoms with van der Waals surface area (Å²) in [6, 6.07) is 0. The van der Waals surface area contributed by atoms with Crippen LogP contribution in [0.4, 0.5) is 8.78 Å². The molecule has 0 saturated heterocycles. The van der Waals surface area contributed by atoms with Gasteiger partial charge in [-0.2, -0.15) is 8.78 Å². The van der Waals surface area contributed by atoms with Crippen LogP contribution in [0.15, 0.2) is 9.15 Å². The Morgan fingerprint density at radius 3 is 2.27 bits per heavy atom. The van der Waals surface area contributed by atoms with Gasteiger partial charge in [-0.3, -0.25) is 0 Å². The van der Waals surface area contributed by atoms with Crippen molar-refractivity contribution in [2.75, 3.05) is 0 Å². The maximum Gasteiger partial charge on any atom is 0.332 e. The van der Waals surface area contributed by atoms with E-state index in [4.69, 9.17) is 0 Å². The minimum atomic E-state index is -2.84. The summed E-state index contributed by atoms with van der Waals surface area (Å²) in [7, 11) is 0. The van der Waals surface area contributed by atoms with Gasteiger partial charge in [0.05, 0.1) is 3.58 Å². The molecule has 0 N–H and O–H groups in total. The van der Waals surface area contributed by atoms with Gasteiger partial charge >= 0.3 is 4.83 Å². The van der Waals surface area contributed by atoms with Crippen molar-refractivity contribution >= 4 is 38.5 Å². The molecule has 4 heteroatoms. The standard InChI is InChI=1S/C7H10BrF2I/c1-3-4-5(2)6(11)7(8,9)10/h3-4H2,1-2H3. The van der Waals surface area contributed by atoms with Gasteiger partial charge in [0.2, 0.25) is 0 Å². The molecule has 0 aliphatic rings. The fourth-order valence-corrected chi connectivity index (χ4v) is 1.33. The fraction of sp³-hybridized carbons (Fsp3) is 0.714. The summed E-state index contributed by atoms with van der Waals surface area (Å²) in [4.78, 5) is -2.84. The van der Waals surface area contributed by atoms with Crippen LogP contribution < -0.4 is 0 Å². The van der Waals surface area contributed by atoms with Gasteiger partial charge in [0.25, 0.3) is 0 Å². The maximum atomic E-state index is 12.5. The molecule has 0 fully saturated rings. The first kappa shape index (κ1) is 11.8. The van der Waals surface area contributed by atoms with Crippen LogP contribution in [0.5, 0.6) is 0 Å². The van der Waals surface area contributed by atoms with E-state index in [2.05, 4.69) is 15.9 Å². The lowest BCUT2D eigenvalue weighted by Gasteiger charge is -2.10. The number of alkyl halides is 3. The average Bonchev–Trinajstić information content (AvgIpc) is 1.85. The van der Waals surface area contributed by atoms with Crippen LogP contribution in [-0.4, -0.2) is 4.83 Å². The molecule has 0 aliphatic carbocycles. The molecule has 0 rings (SSSR count). The molecule has 0 bridgehead atoms. The third-order valence-electron chi connectivity index (χ3n) is 1.25. The van der Waals surface area contributed by atoms with Crippen molar-refractivity contribution in [1.29, 1.82) is 0 Å². The van der Waals surface area contributed by atoms with Crippen LogP contribution in [0.25, 0.3) is 0 Å². The molecule has 0 heterocycles. The average molecular weight is 339 g/mol. The highest BCUT2D eigenvalue weighted by Crippen LogP contribution is 2.38. The predicted octanol–water partition coefficient (Wildman–Crippen LogP) is 4.48. The zero-order valence-electron chi connectivity index (χ0n) is 6.43. The molecule has 0 aliphatic heterocycles. The highest BCUT2D eigenvalue weighted by Gasteiger charge is 2.29. The zero-order chi connectivity index (χ0) is 9.07. The van der Waals surface area contributed by atoms with Gasteiger partial charge in [0.15, 0.2) is 0 Å². The van der Waals surface area contributed by atoms with E-state index >= 15 is 0 Å². The monoisotopic (exact) mass is 338 g/mol. The van der Waals surface area contributed by atoms with Crippen LogP contribution in [0.2, 0.25) is 0 Å². The van der Waals surface area contributed by atoms with Crippen LogP contribution in [-0.2, 0) is 0 Å². The number of halogens is 4. The Balaban J connectivity index is 4.39. The summed E-state index contributed by atoms with van der Waals surface area (Å²) >= 11 is 4.00. The van der Waals surface area contributed by atoms with Gasteiger partial charge in [-0.25, -0.2) is 0 Å². The Morgan fingerprint density at radius 1 is 1.55 bits per heavy atom. The van der Waals surface area contributed by atoms with E-state index in [1.807, 2.05) is 6.92 Å². The number of hydrogen-bond donors (Lipinski definition) is 0. The second kappa shape index (κ2) is 4.74. The third kappa shape index (κ3) is 4.40. The molecule has 0 aromatic rings. The summed E-state index contributed by atoms with van der Waals surface area (Å²) in [5.74, 6) is 0. The van der Waals surface area contributed by atoms with Gasteiger partial charge < -0.3 is 0 Å². The van der Waals surface area contributed by atoms with E-state index in [9.17, 15) is 8.78 Å². The zero-order valence-corrected chi connectivity index (χ0v) is 10.2. The van der Waals surface area contributed by atoms with Gasteiger partial charge in [-0.15, -0.1) is 0 Å². The Labute approximate surface area is 87.7 Å².